The third-order valence-electron chi connectivity index (χ3n) is 3.28. The minimum atomic E-state index is -0.0142. The zero-order valence-corrected chi connectivity index (χ0v) is 13.3. The van der Waals surface area contributed by atoms with Crippen LogP contribution >= 0.6 is 11.3 Å². The van der Waals surface area contributed by atoms with Crippen LogP contribution in [0, 0.1) is 13.8 Å². The molecule has 0 amide bonds. The van der Waals surface area contributed by atoms with E-state index < -0.39 is 0 Å². The Hall–Kier alpha value is -1.12. The Morgan fingerprint density at radius 2 is 1.58 bits per heavy atom. The Morgan fingerprint density at radius 3 is 2.05 bits per heavy atom. The van der Waals surface area contributed by atoms with E-state index in [1.165, 1.54) is 26.4 Å². The Morgan fingerprint density at radius 1 is 1.00 bits per heavy atom. The van der Waals surface area contributed by atoms with E-state index >= 15 is 0 Å². The van der Waals surface area contributed by atoms with Crippen molar-refractivity contribution in [2.24, 2.45) is 5.73 Å². The standard InChI is InChI=1S/C17H23NS/c1-11-8-12(2)10-13(9-11)16(18)14-6-7-15(19-14)17(3,4)5/h6-10,16H,18H2,1-5H3. The molecule has 0 aliphatic carbocycles. The van der Waals surface area contributed by atoms with Crippen LogP contribution in [-0.2, 0) is 5.41 Å². The molecule has 0 radical (unpaired) electrons. The summed E-state index contributed by atoms with van der Waals surface area (Å²) < 4.78 is 0. The molecule has 0 spiro atoms. The van der Waals surface area contributed by atoms with Crippen LogP contribution in [0.2, 0.25) is 0 Å². The average molecular weight is 273 g/mol. The molecule has 0 fully saturated rings. The number of hydrogen-bond donors (Lipinski definition) is 1. The summed E-state index contributed by atoms with van der Waals surface area (Å²) in [5.74, 6) is 0. The topological polar surface area (TPSA) is 26.0 Å². The van der Waals surface area contributed by atoms with Gasteiger partial charge in [-0.1, -0.05) is 50.1 Å². The molecule has 1 aromatic carbocycles. The van der Waals surface area contributed by atoms with E-state index in [1.807, 2.05) is 11.3 Å². The van der Waals surface area contributed by atoms with Crippen LogP contribution in [0.25, 0.3) is 0 Å². The third kappa shape index (κ3) is 3.26. The van der Waals surface area contributed by atoms with Crippen molar-refractivity contribution in [3.63, 3.8) is 0 Å². The van der Waals surface area contributed by atoms with Gasteiger partial charge in [0.25, 0.3) is 0 Å². The van der Waals surface area contributed by atoms with Gasteiger partial charge >= 0.3 is 0 Å². The molecule has 2 aromatic rings. The highest BCUT2D eigenvalue weighted by molar-refractivity contribution is 7.12. The first-order chi connectivity index (χ1) is 8.77. The maximum absolute atomic E-state index is 6.42. The quantitative estimate of drug-likeness (QED) is 0.842. The Bertz CT molecular complexity index is 555. The molecule has 2 heteroatoms. The van der Waals surface area contributed by atoms with Crippen molar-refractivity contribution in [1.82, 2.24) is 0 Å². The van der Waals surface area contributed by atoms with E-state index in [2.05, 4.69) is 65.0 Å². The predicted octanol–water partition coefficient (Wildman–Crippen LogP) is 4.71. The van der Waals surface area contributed by atoms with Gasteiger partial charge < -0.3 is 5.73 Å². The molecule has 0 aliphatic rings. The maximum Gasteiger partial charge on any atom is 0.0646 e. The van der Waals surface area contributed by atoms with Crippen LogP contribution in [0.5, 0.6) is 0 Å². The summed E-state index contributed by atoms with van der Waals surface area (Å²) in [7, 11) is 0. The maximum atomic E-state index is 6.42. The van der Waals surface area contributed by atoms with Crippen molar-refractivity contribution in [2.75, 3.05) is 0 Å². The summed E-state index contributed by atoms with van der Waals surface area (Å²) in [4.78, 5) is 2.64. The monoisotopic (exact) mass is 273 g/mol. The lowest BCUT2D eigenvalue weighted by molar-refractivity contribution is 0.604. The van der Waals surface area contributed by atoms with E-state index in [0.29, 0.717) is 0 Å². The molecule has 1 atom stereocenters. The van der Waals surface area contributed by atoms with Gasteiger partial charge in [0, 0.05) is 9.75 Å². The highest BCUT2D eigenvalue weighted by Gasteiger charge is 2.19. The zero-order valence-electron chi connectivity index (χ0n) is 12.4. The molecule has 1 unspecified atom stereocenters. The number of aryl methyl sites for hydroxylation is 2. The normalized spacial score (nSPS) is 13.6. The SMILES string of the molecule is Cc1cc(C)cc(C(N)c2ccc(C(C)(C)C)s2)c1. The lowest BCUT2D eigenvalue weighted by atomic mass is 9.95. The van der Waals surface area contributed by atoms with Gasteiger partial charge in [-0.3, -0.25) is 0 Å². The van der Waals surface area contributed by atoms with Crippen LogP contribution in [0.15, 0.2) is 30.3 Å². The summed E-state index contributed by atoms with van der Waals surface area (Å²) in [6.45, 7) is 11.0. The lowest BCUT2D eigenvalue weighted by Crippen LogP contribution is -2.11. The first-order valence-electron chi connectivity index (χ1n) is 6.71. The molecule has 1 nitrogen and oxygen atoms in total. The van der Waals surface area contributed by atoms with E-state index in [4.69, 9.17) is 5.73 Å². The molecule has 0 bridgehead atoms. The van der Waals surface area contributed by atoms with E-state index in [-0.39, 0.29) is 11.5 Å². The van der Waals surface area contributed by atoms with Crippen LogP contribution < -0.4 is 5.73 Å². The molecule has 0 saturated heterocycles. The van der Waals surface area contributed by atoms with Crippen LogP contribution in [0.3, 0.4) is 0 Å². The second-order valence-electron chi connectivity index (χ2n) is 6.35. The second kappa shape index (κ2) is 5.10. The first-order valence-corrected chi connectivity index (χ1v) is 7.53. The smallest absolute Gasteiger partial charge is 0.0646 e. The molecular weight excluding hydrogens is 250 g/mol. The fraction of sp³-hybridized carbons (Fsp3) is 0.412. The predicted molar refractivity (Wildman–Crippen MR) is 85.0 cm³/mol. The molecule has 102 valence electrons. The molecule has 2 N–H and O–H groups in total. The number of thiophene rings is 1. The van der Waals surface area contributed by atoms with Gasteiger partial charge in [-0.2, -0.15) is 0 Å². The summed E-state index contributed by atoms with van der Waals surface area (Å²) >= 11 is 1.83. The molecule has 19 heavy (non-hydrogen) atoms. The van der Waals surface area contributed by atoms with Crippen molar-refractivity contribution in [2.45, 2.75) is 46.1 Å². The van der Waals surface area contributed by atoms with Crippen molar-refractivity contribution >= 4 is 11.3 Å². The Labute approximate surface area is 120 Å². The number of nitrogens with two attached hydrogens (primary N) is 1. The van der Waals surface area contributed by atoms with Gasteiger partial charge in [0.05, 0.1) is 6.04 Å². The zero-order chi connectivity index (χ0) is 14.2. The van der Waals surface area contributed by atoms with E-state index in [0.717, 1.165) is 0 Å². The molecule has 1 heterocycles. The van der Waals surface area contributed by atoms with Gasteiger partial charge in [-0.25, -0.2) is 0 Å². The fourth-order valence-electron chi connectivity index (χ4n) is 2.28. The fourth-order valence-corrected chi connectivity index (χ4v) is 3.37. The highest BCUT2D eigenvalue weighted by Crippen LogP contribution is 2.34. The minimum absolute atomic E-state index is 0.0142. The Kier molecular flexibility index (Phi) is 3.84. The van der Waals surface area contributed by atoms with Crippen LogP contribution in [-0.4, -0.2) is 0 Å². The number of benzene rings is 1. The summed E-state index contributed by atoms with van der Waals surface area (Å²) in [6, 6.07) is 10.9. The summed E-state index contributed by atoms with van der Waals surface area (Å²) in [5.41, 5.74) is 10.4. The average Bonchev–Trinajstić information content (AvgIpc) is 2.75. The Balaban J connectivity index is 2.33. The van der Waals surface area contributed by atoms with Gasteiger partial charge in [-0.05, 0) is 37.0 Å². The first kappa shape index (κ1) is 14.3. The molecule has 2 rings (SSSR count). The number of rotatable bonds is 2. The van der Waals surface area contributed by atoms with Crippen molar-refractivity contribution < 1.29 is 0 Å². The van der Waals surface area contributed by atoms with E-state index in [1.54, 1.807) is 0 Å². The van der Waals surface area contributed by atoms with Crippen molar-refractivity contribution in [1.29, 1.82) is 0 Å². The second-order valence-corrected chi connectivity index (χ2v) is 7.47. The highest BCUT2D eigenvalue weighted by atomic mass is 32.1. The van der Waals surface area contributed by atoms with Crippen LogP contribution in [0.1, 0.15) is 53.3 Å². The van der Waals surface area contributed by atoms with Gasteiger partial charge in [0.1, 0.15) is 0 Å². The van der Waals surface area contributed by atoms with Gasteiger partial charge in [0.2, 0.25) is 0 Å². The van der Waals surface area contributed by atoms with Gasteiger partial charge in [-0.15, -0.1) is 11.3 Å². The van der Waals surface area contributed by atoms with E-state index in [9.17, 15) is 0 Å². The lowest BCUT2D eigenvalue weighted by Gasteiger charge is -2.16. The minimum Gasteiger partial charge on any atom is -0.320 e. The van der Waals surface area contributed by atoms with Gasteiger partial charge in [0.15, 0.2) is 0 Å². The van der Waals surface area contributed by atoms with Crippen molar-refractivity contribution in [3.8, 4) is 0 Å². The molecule has 0 saturated carbocycles. The number of hydrogen-bond acceptors (Lipinski definition) is 2. The molecular formula is C17H23NS. The third-order valence-corrected chi connectivity index (χ3v) is 4.87. The van der Waals surface area contributed by atoms with Crippen LogP contribution in [0.4, 0.5) is 0 Å². The largest absolute Gasteiger partial charge is 0.320 e. The molecule has 0 aliphatic heterocycles. The summed E-state index contributed by atoms with van der Waals surface area (Å²) in [6.07, 6.45) is 0. The summed E-state index contributed by atoms with van der Waals surface area (Å²) in [5, 5.41) is 0. The molecule has 1 aromatic heterocycles. The van der Waals surface area contributed by atoms with Crippen molar-refractivity contribution in [3.05, 3.63) is 56.8 Å².